The Morgan fingerprint density at radius 3 is 2.45 bits per heavy atom. The zero-order chi connectivity index (χ0) is 23.5. The van der Waals surface area contributed by atoms with Gasteiger partial charge in [0.15, 0.2) is 0 Å². The smallest absolute Gasteiger partial charge is 0.323 e. The lowest BCUT2D eigenvalue weighted by Crippen LogP contribution is -2.48. The topological polar surface area (TPSA) is 123 Å². The normalized spacial score (nSPS) is 22.0. The highest BCUT2D eigenvalue weighted by molar-refractivity contribution is 6.00. The Hall–Kier alpha value is -4.07. The molecule has 1 aliphatic heterocycles. The average molecular weight is 447 g/mol. The number of hydrogen-bond donors (Lipinski definition) is 4. The lowest BCUT2D eigenvalue weighted by Gasteiger charge is -2.38. The predicted molar refractivity (Wildman–Crippen MR) is 122 cm³/mol. The third-order valence-electron chi connectivity index (χ3n) is 6.16. The first kappa shape index (κ1) is 22.1. The molecule has 0 radical (unpaired) electrons. The van der Waals surface area contributed by atoms with Crippen LogP contribution >= 0.6 is 0 Å². The van der Waals surface area contributed by atoms with Crippen molar-refractivity contribution in [3.8, 4) is 0 Å². The molecule has 3 amide bonds. The van der Waals surface area contributed by atoms with Crippen LogP contribution in [0.3, 0.4) is 0 Å². The van der Waals surface area contributed by atoms with Crippen LogP contribution in [0, 0.1) is 5.92 Å². The number of urea groups is 1. The maximum atomic E-state index is 13.1. The van der Waals surface area contributed by atoms with Crippen molar-refractivity contribution in [1.82, 2.24) is 16.0 Å². The fourth-order valence-corrected chi connectivity index (χ4v) is 4.66. The van der Waals surface area contributed by atoms with E-state index in [4.69, 9.17) is 10.5 Å². The predicted octanol–water partition coefficient (Wildman–Crippen LogP) is 2.56. The number of nitrogens with one attached hydrogen (secondary N) is 3. The largest absolute Gasteiger partial charge is 0.469 e. The molecule has 0 unspecified atom stereocenters. The first-order valence-corrected chi connectivity index (χ1v) is 10.7. The molecule has 0 saturated carbocycles. The Bertz CT molecular complexity index is 1140. The number of ether oxygens (including phenoxy) is 1. The van der Waals surface area contributed by atoms with Gasteiger partial charge < -0.3 is 26.4 Å². The Labute approximate surface area is 191 Å². The molecule has 0 spiro atoms. The van der Waals surface area contributed by atoms with E-state index in [0.29, 0.717) is 6.42 Å². The number of benzene rings is 2. The van der Waals surface area contributed by atoms with Crippen molar-refractivity contribution in [3.63, 3.8) is 0 Å². The summed E-state index contributed by atoms with van der Waals surface area (Å²) in [5, 5.41) is 7.89. The SMILES string of the molecule is C=C1NC(=O)NC(C(=O)N[C@H]2C[C@H](CC(=O)OC)[C@@H](c3ccccc3)c3ccccc32)=C1N. The fourth-order valence-electron chi connectivity index (χ4n) is 4.66. The van der Waals surface area contributed by atoms with Gasteiger partial charge in [-0.3, -0.25) is 9.59 Å². The summed E-state index contributed by atoms with van der Waals surface area (Å²) in [7, 11) is 1.37. The lowest BCUT2D eigenvalue weighted by molar-refractivity contribution is -0.142. The number of carbonyl (C=O) groups is 3. The van der Waals surface area contributed by atoms with E-state index in [9.17, 15) is 14.4 Å². The van der Waals surface area contributed by atoms with Crippen LogP contribution in [0.15, 0.2) is 78.3 Å². The summed E-state index contributed by atoms with van der Waals surface area (Å²) in [4.78, 5) is 37.2. The van der Waals surface area contributed by atoms with E-state index in [1.54, 1.807) is 0 Å². The van der Waals surface area contributed by atoms with Crippen molar-refractivity contribution in [2.75, 3.05) is 7.11 Å². The molecule has 0 bridgehead atoms. The summed E-state index contributed by atoms with van der Waals surface area (Å²) in [6.45, 7) is 3.67. The molecule has 8 nitrogen and oxygen atoms in total. The summed E-state index contributed by atoms with van der Waals surface area (Å²) in [5.74, 6) is -0.959. The maximum Gasteiger partial charge on any atom is 0.323 e. The van der Waals surface area contributed by atoms with Gasteiger partial charge >= 0.3 is 12.0 Å². The quantitative estimate of drug-likeness (QED) is 0.526. The molecular weight excluding hydrogens is 420 g/mol. The number of carbonyl (C=O) groups excluding carboxylic acids is 3. The molecule has 2 aliphatic rings. The number of amides is 3. The molecule has 33 heavy (non-hydrogen) atoms. The number of rotatable bonds is 5. The lowest BCUT2D eigenvalue weighted by atomic mass is 9.69. The van der Waals surface area contributed by atoms with E-state index >= 15 is 0 Å². The Morgan fingerprint density at radius 1 is 1.09 bits per heavy atom. The van der Waals surface area contributed by atoms with Crippen molar-refractivity contribution >= 4 is 17.9 Å². The highest BCUT2D eigenvalue weighted by Gasteiger charge is 2.38. The van der Waals surface area contributed by atoms with Crippen LogP contribution < -0.4 is 21.7 Å². The number of methoxy groups -OCH3 is 1. The second kappa shape index (κ2) is 9.20. The summed E-state index contributed by atoms with van der Waals surface area (Å²) in [6.07, 6.45) is 0.719. The molecular formula is C25H26N4O4. The molecule has 2 aromatic rings. The van der Waals surface area contributed by atoms with Crippen molar-refractivity contribution in [2.45, 2.75) is 24.8 Å². The van der Waals surface area contributed by atoms with Gasteiger partial charge in [-0.15, -0.1) is 0 Å². The molecule has 4 rings (SSSR count). The minimum Gasteiger partial charge on any atom is -0.469 e. The van der Waals surface area contributed by atoms with Gasteiger partial charge in [0.1, 0.15) is 5.70 Å². The summed E-state index contributed by atoms with van der Waals surface area (Å²) >= 11 is 0. The van der Waals surface area contributed by atoms with Crippen LogP contribution in [0.25, 0.3) is 0 Å². The number of esters is 1. The summed E-state index contributed by atoms with van der Waals surface area (Å²) in [6, 6.07) is 16.9. The molecule has 2 aromatic carbocycles. The van der Waals surface area contributed by atoms with E-state index < -0.39 is 11.9 Å². The van der Waals surface area contributed by atoms with Gasteiger partial charge in [0.2, 0.25) is 0 Å². The van der Waals surface area contributed by atoms with Gasteiger partial charge in [0, 0.05) is 12.3 Å². The standard InChI is InChI=1S/C25H26N4O4/c1-14-22(26)23(29-25(32)27-14)24(31)28-19-12-16(13-20(30)33-2)21(15-8-4-3-5-9-15)18-11-7-6-10-17(18)19/h3-11,16,19,21H,1,12-13,26H2,2H3,(H,28,31)(H2,27,29,32)/t16-,19+,21-/m1/s1. The zero-order valence-corrected chi connectivity index (χ0v) is 18.3. The Morgan fingerprint density at radius 2 is 1.76 bits per heavy atom. The summed E-state index contributed by atoms with van der Waals surface area (Å²) < 4.78 is 4.96. The van der Waals surface area contributed by atoms with E-state index in [1.165, 1.54) is 7.11 Å². The van der Waals surface area contributed by atoms with Crippen LogP contribution in [0.4, 0.5) is 4.79 Å². The van der Waals surface area contributed by atoms with Gasteiger partial charge in [-0.25, -0.2) is 4.79 Å². The maximum absolute atomic E-state index is 13.1. The molecule has 0 fully saturated rings. The minimum atomic E-state index is -0.573. The highest BCUT2D eigenvalue weighted by Crippen LogP contribution is 2.46. The molecule has 170 valence electrons. The van der Waals surface area contributed by atoms with Crippen molar-refractivity contribution in [1.29, 1.82) is 0 Å². The third kappa shape index (κ3) is 4.45. The molecule has 0 aromatic heterocycles. The van der Waals surface area contributed by atoms with Gasteiger partial charge in [0.25, 0.3) is 5.91 Å². The van der Waals surface area contributed by atoms with E-state index in [0.717, 1.165) is 16.7 Å². The van der Waals surface area contributed by atoms with Crippen LogP contribution in [0.5, 0.6) is 0 Å². The van der Waals surface area contributed by atoms with Crippen molar-refractivity contribution in [2.24, 2.45) is 11.7 Å². The van der Waals surface area contributed by atoms with Crippen LogP contribution in [0.1, 0.15) is 41.5 Å². The average Bonchev–Trinajstić information content (AvgIpc) is 2.82. The van der Waals surface area contributed by atoms with E-state index in [-0.39, 0.29) is 47.4 Å². The number of fused-ring (bicyclic) bond motifs is 1. The second-order valence-electron chi connectivity index (χ2n) is 8.17. The van der Waals surface area contributed by atoms with Crippen LogP contribution in [0.2, 0.25) is 0 Å². The molecule has 8 heteroatoms. The van der Waals surface area contributed by atoms with Crippen molar-refractivity contribution < 1.29 is 19.1 Å². The highest BCUT2D eigenvalue weighted by atomic mass is 16.5. The van der Waals surface area contributed by atoms with Gasteiger partial charge in [-0.1, -0.05) is 61.2 Å². The Balaban J connectivity index is 1.71. The van der Waals surface area contributed by atoms with Crippen LogP contribution in [-0.4, -0.2) is 25.0 Å². The van der Waals surface area contributed by atoms with E-state index in [2.05, 4.69) is 22.5 Å². The monoisotopic (exact) mass is 446 g/mol. The molecule has 3 atom stereocenters. The Kier molecular flexibility index (Phi) is 6.17. The zero-order valence-electron chi connectivity index (χ0n) is 18.3. The van der Waals surface area contributed by atoms with Gasteiger partial charge in [-0.05, 0) is 29.0 Å². The first-order chi connectivity index (χ1) is 15.9. The van der Waals surface area contributed by atoms with Gasteiger partial charge in [-0.2, -0.15) is 0 Å². The summed E-state index contributed by atoms with van der Waals surface area (Å²) in [5.41, 5.74) is 9.26. The molecule has 1 heterocycles. The van der Waals surface area contributed by atoms with Crippen LogP contribution in [-0.2, 0) is 14.3 Å². The van der Waals surface area contributed by atoms with Crippen molar-refractivity contribution in [3.05, 3.63) is 95.0 Å². The second-order valence-corrected chi connectivity index (χ2v) is 8.17. The molecule has 5 N–H and O–H groups in total. The molecule has 1 aliphatic carbocycles. The minimum absolute atomic E-state index is 0.0303. The third-order valence-corrected chi connectivity index (χ3v) is 6.16. The number of nitrogens with two attached hydrogens (primary N) is 1. The van der Waals surface area contributed by atoms with Gasteiger partial charge in [0.05, 0.1) is 24.5 Å². The molecule has 0 saturated heterocycles. The number of hydrogen-bond acceptors (Lipinski definition) is 5. The fraction of sp³-hybridized carbons (Fsp3) is 0.240. The van der Waals surface area contributed by atoms with E-state index in [1.807, 2.05) is 54.6 Å². The first-order valence-electron chi connectivity index (χ1n) is 10.7.